The lowest BCUT2D eigenvalue weighted by atomic mass is 10.3. The highest BCUT2D eigenvalue weighted by atomic mass is 16.5. The summed E-state index contributed by atoms with van der Waals surface area (Å²) in [5.41, 5.74) is 0.665. The van der Waals surface area contributed by atoms with Gasteiger partial charge >= 0.3 is 12.1 Å². The molecule has 1 aromatic rings. The second-order valence-electron chi connectivity index (χ2n) is 4.00. The molecule has 0 saturated heterocycles. The third kappa shape index (κ3) is 8.20. The number of ether oxygens (including phenoxy) is 2. The number of allylic oxidation sites excluding steroid dienone is 1. The number of benzene rings is 1. The summed E-state index contributed by atoms with van der Waals surface area (Å²) in [5.74, 6) is -0.565. The maximum absolute atomic E-state index is 11.4. The van der Waals surface area contributed by atoms with E-state index in [-0.39, 0.29) is 13.2 Å². The van der Waals surface area contributed by atoms with Gasteiger partial charge in [-0.2, -0.15) is 0 Å². The highest BCUT2D eigenvalue weighted by molar-refractivity contribution is 5.86. The van der Waals surface area contributed by atoms with E-state index < -0.39 is 12.1 Å². The van der Waals surface area contributed by atoms with Gasteiger partial charge in [0.1, 0.15) is 6.29 Å². The zero-order valence-electron chi connectivity index (χ0n) is 11.5. The Morgan fingerprint density at radius 3 is 2.38 bits per heavy atom. The molecule has 0 spiro atoms. The first-order chi connectivity index (χ1) is 10.2. The predicted octanol–water partition coefficient (Wildman–Crippen LogP) is 2.31. The van der Waals surface area contributed by atoms with Crippen molar-refractivity contribution < 1.29 is 23.9 Å². The molecule has 21 heavy (non-hydrogen) atoms. The third-order valence-electron chi connectivity index (χ3n) is 2.35. The summed E-state index contributed by atoms with van der Waals surface area (Å²) in [5, 5.41) is 2.59. The summed E-state index contributed by atoms with van der Waals surface area (Å²) >= 11 is 0. The summed E-state index contributed by atoms with van der Waals surface area (Å²) < 4.78 is 9.77. The number of amides is 1. The Bertz CT molecular complexity index is 484. The lowest BCUT2D eigenvalue weighted by Gasteiger charge is -2.06. The van der Waals surface area contributed by atoms with Gasteiger partial charge in [-0.15, -0.1) is 0 Å². The molecule has 1 N–H and O–H groups in total. The van der Waals surface area contributed by atoms with E-state index in [2.05, 4.69) is 5.32 Å². The van der Waals surface area contributed by atoms with Crippen LogP contribution in [0, 0.1) is 0 Å². The number of hydrogen-bond acceptors (Lipinski definition) is 5. The lowest BCUT2D eigenvalue weighted by molar-refractivity contribution is -0.138. The van der Waals surface area contributed by atoms with Crippen molar-refractivity contribution in [3.63, 3.8) is 0 Å². The minimum atomic E-state index is -0.565. The van der Waals surface area contributed by atoms with E-state index in [0.29, 0.717) is 24.8 Å². The van der Waals surface area contributed by atoms with Gasteiger partial charge in [-0.3, -0.25) is 10.1 Å². The standard InChI is InChI=1S/C15H17NO5/c17-10-6-9-14(18)20-11-4-5-12-21-15(19)16-13-7-2-1-3-8-13/h1-3,6-10H,4-5,11-12H2,(H,16,19)/b9-6-. The van der Waals surface area contributed by atoms with Crippen molar-refractivity contribution in [3.8, 4) is 0 Å². The molecule has 112 valence electrons. The first-order valence-electron chi connectivity index (χ1n) is 6.50. The first-order valence-corrected chi connectivity index (χ1v) is 6.50. The zero-order chi connectivity index (χ0) is 15.3. The number of nitrogens with one attached hydrogen (secondary N) is 1. The normalized spacial score (nSPS) is 10.1. The number of esters is 1. The topological polar surface area (TPSA) is 81.7 Å². The van der Waals surface area contributed by atoms with Crippen LogP contribution in [0.15, 0.2) is 42.5 Å². The number of anilines is 1. The smallest absolute Gasteiger partial charge is 0.411 e. The fourth-order valence-electron chi connectivity index (χ4n) is 1.38. The molecule has 0 aliphatic rings. The number of unbranched alkanes of at least 4 members (excludes halogenated alkanes) is 1. The summed E-state index contributed by atoms with van der Waals surface area (Å²) in [4.78, 5) is 32.4. The van der Waals surface area contributed by atoms with Gasteiger partial charge in [-0.05, 0) is 31.1 Å². The molecular weight excluding hydrogens is 274 g/mol. The van der Waals surface area contributed by atoms with Crippen molar-refractivity contribution in [1.82, 2.24) is 0 Å². The summed E-state index contributed by atoms with van der Waals surface area (Å²) in [7, 11) is 0. The number of para-hydroxylation sites is 1. The summed E-state index contributed by atoms with van der Waals surface area (Å²) in [6, 6.07) is 8.98. The van der Waals surface area contributed by atoms with Crippen LogP contribution in [0.25, 0.3) is 0 Å². The van der Waals surface area contributed by atoms with Gasteiger partial charge in [0.2, 0.25) is 0 Å². The van der Waals surface area contributed by atoms with Gasteiger partial charge in [-0.1, -0.05) is 18.2 Å². The Balaban J connectivity index is 2.04. The molecule has 0 saturated carbocycles. The number of rotatable bonds is 8. The molecule has 1 rings (SSSR count). The Labute approximate surface area is 122 Å². The van der Waals surface area contributed by atoms with Gasteiger partial charge in [0.05, 0.1) is 13.2 Å². The van der Waals surface area contributed by atoms with Gasteiger partial charge < -0.3 is 9.47 Å². The quantitative estimate of drug-likeness (QED) is 0.344. The number of aldehydes is 1. The van der Waals surface area contributed by atoms with E-state index >= 15 is 0 Å². The summed E-state index contributed by atoms with van der Waals surface area (Å²) in [6.45, 7) is 0.450. The Hall–Kier alpha value is -2.63. The zero-order valence-corrected chi connectivity index (χ0v) is 11.5. The summed E-state index contributed by atoms with van der Waals surface area (Å²) in [6.07, 6.45) is 3.25. The van der Waals surface area contributed by atoms with Crippen LogP contribution in [0.2, 0.25) is 0 Å². The second kappa shape index (κ2) is 10.2. The van der Waals surface area contributed by atoms with Gasteiger partial charge in [0, 0.05) is 11.8 Å². The van der Waals surface area contributed by atoms with Crippen molar-refractivity contribution in [1.29, 1.82) is 0 Å². The molecule has 0 bridgehead atoms. The molecule has 0 aliphatic carbocycles. The molecule has 6 nitrogen and oxygen atoms in total. The Kier molecular flexibility index (Phi) is 7.97. The molecule has 0 aliphatic heterocycles. The maximum atomic E-state index is 11.4. The van der Waals surface area contributed by atoms with E-state index in [4.69, 9.17) is 9.47 Å². The van der Waals surface area contributed by atoms with E-state index in [1.54, 1.807) is 12.1 Å². The highest BCUT2D eigenvalue weighted by Gasteiger charge is 2.02. The van der Waals surface area contributed by atoms with Crippen molar-refractivity contribution in [2.24, 2.45) is 0 Å². The van der Waals surface area contributed by atoms with Crippen LogP contribution >= 0.6 is 0 Å². The fraction of sp³-hybridized carbons (Fsp3) is 0.267. The largest absolute Gasteiger partial charge is 0.463 e. The molecular formula is C15H17NO5. The molecule has 0 aromatic heterocycles. The lowest BCUT2D eigenvalue weighted by Crippen LogP contribution is -2.14. The number of hydrogen-bond donors (Lipinski definition) is 1. The monoisotopic (exact) mass is 291 g/mol. The second-order valence-corrected chi connectivity index (χ2v) is 4.00. The van der Waals surface area contributed by atoms with Crippen LogP contribution in [0.3, 0.4) is 0 Å². The number of carbonyl (C=O) groups is 3. The average Bonchev–Trinajstić information content (AvgIpc) is 2.49. The van der Waals surface area contributed by atoms with E-state index in [9.17, 15) is 14.4 Å². The molecule has 0 radical (unpaired) electrons. The van der Waals surface area contributed by atoms with Crippen LogP contribution in [0.5, 0.6) is 0 Å². The van der Waals surface area contributed by atoms with E-state index in [1.807, 2.05) is 18.2 Å². The minimum absolute atomic E-state index is 0.214. The molecule has 0 heterocycles. The number of carbonyl (C=O) groups excluding carboxylic acids is 3. The van der Waals surface area contributed by atoms with Crippen molar-refractivity contribution in [2.75, 3.05) is 18.5 Å². The van der Waals surface area contributed by atoms with E-state index in [0.717, 1.165) is 12.2 Å². The molecule has 0 unspecified atom stereocenters. The molecule has 0 atom stereocenters. The third-order valence-corrected chi connectivity index (χ3v) is 2.35. The Morgan fingerprint density at radius 2 is 1.71 bits per heavy atom. The van der Waals surface area contributed by atoms with Gasteiger partial charge in [-0.25, -0.2) is 9.59 Å². The van der Waals surface area contributed by atoms with Gasteiger partial charge in [0.15, 0.2) is 0 Å². The minimum Gasteiger partial charge on any atom is -0.463 e. The molecule has 1 amide bonds. The van der Waals surface area contributed by atoms with E-state index in [1.165, 1.54) is 0 Å². The first kappa shape index (κ1) is 16.4. The van der Waals surface area contributed by atoms with Crippen molar-refractivity contribution in [2.45, 2.75) is 12.8 Å². The predicted molar refractivity (Wildman–Crippen MR) is 76.8 cm³/mol. The Morgan fingerprint density at radius 1 is 1.05 bits per heavy atom. The van der Waals surface area contributed by atoms with Crippen molar-refractivity contribution >= 4 is 24.0 Å². The van der Waals surface area contributed by atoms with Crippen LogP contribution in [-0.4, -0.2) is 31.6 Å². The van der Waals surface area contributed by atoms with Crippen LogP contribution in [-0.2, 0) is 19.1 Å². The van der Waals surface area contributed by atoms with Crippen LogP contribution in [0.4, 0.5) is 10.5 Å². The molecule has 1 aromatic carbocycles. The molecule has 0 fully saturated rings. The SMILES string of the molecule is O=C/C=C\C(=O)OCCCCOC(=O)Nc1ccccc1. The molecule has 6 heteroatoms. The van der Waals surface area contributed by atoms with Gasteiger partial charge in [0.25, 0.3) is 0 Å². The average molecular weight is 291 g/mol. The highest BCUT2D eigenvalue weighted by Crippen LogP contribution is 2.05. The maximum Gasteiger partial charge on any atom is 0.411 e. The van der Waals surface area contributed by atoms with Crippen LogP contribution in [0.1, 0.15) is 12.8 Å². The van der Waals surface area contributed by atoms with Crippen LogP contribution < -0.4 is 5.32 Å². The van der Waals surface area contributed by atoms with Crippen molar-refractivity contribution in [3.05, 3.63) is 42.5 Å². The fourth-order valence-corrected chi connectivity index (χ4v) is 1.38.